The van der Waals surface area contributed by atoms with E-state index >= 15 is 0 Å². The highest BCUT2D eigenvalue weighted by Gasteiger charge is 2.17. The number of ether oxygens (including phenoxy) is 1. The van der Waals surface area contributed by atoms with Gasteiger partial charge >= 0.3 is 6.03 Å². The summed E-state index contributed by atoms with van der Waals surface area (Å²) in [6, 6.07) is 7.11. The quantitative estimate of drug-likeness (QED) is 0.854. The number of benzene rings is 1. The first-order chi connectivity index (χ1) is 10.2. The Morgan fingerprint density at radius 1 is 1.14 bits per heavy atom. The summed E-state index contributed by atoms with van der Waals surface area (Å²) in [6.07, 6.45) is 2.10. The smallest absolute Gasteiger partial charge is 0.315 e. The summed E-state index contributed by atoms with van der Waals surface area (Å²) in [5, 5.41) is 5.31. The van der Waals surface area contributed by atoms with Crippen LogP contribution in [-0.4, -0.2) is 43.6 Å². The number of carbonyl (C=O) groups is 2. The lowest BCUT2D eigenvalue weighted by Gasteiger charge is -2.15. The zero-order valence-electron chi connectivity index (χ0n) is 12.2. The molecule has 3 amide bonds. The maximum Gasteiger partial charge on any atom is 0.315 e. The molecule has 1 saturated heterocycles. The zero-order chi connectivity index (χ0) is 15.1. The molecule has 0 aliphatic carbocycles. The fraction of sp³-hybridized carbons (Fsp3) is 0.467. The second kappa shape index (κ2) is 7.52. The average molecular weight is 291 g/mol. The second-order valence-corrected chi connectivity index (χ2v) is 4.97. The summed E-state index contributed by atoms with van der Waals surface area (Å²) < 4.78 is 5.07. The molecule has 114 valence electrons. The van der Waals surface area contributed by atoms with Crippen molar-refractivity contribution in [1.82, 2.24) is 15.5 Å². The highest BCUT2D eigenvalue weighted by atomic mass is 16.5. The van der Waals surface area contributed by atoms with E-state index in [0.717, 1.165) is 37.2 Å². The lowest BCUT2D eigenvalue weighted by Crippen LogP contribution is -2.42. The lowest BCUT2D eigenvalue weighted by molar-refractivity contribution is -0.128. The molecule has 2 N–H and O–H groups in total. The molecule has 6 heteroatoms. The largest absolute Gasteiger partial charge is 0.497 e. The van der Waals surface area contributed by atoms with Crippen molar-refractivity contribution in [3.05, 3.63) is 29.8 Å². The topological polar surface area (TPSA) is 70.7 Å². The van der Waals surface area contributed by atoms with Crippen molar-refractivity contribution >= 4 is 11.9 Å². The van der Waals surface area contributed by atoms with Gasteiger partial charge in [-0.3, -0.25) is 4.79 Å². The standard InChI is InChI=1S/C15H21N3O3/c1-21-13-6-4-12(5-7-13)10-16-15(20)17-11-14(19)18-8-2-3-9-18/h4-7H,2-3,8-11H2,1H3,(H2,16,17,20). The molecular formula is C15H21N3O3. The molecule has 2 rings (SSSR count). The number of hydrogen-bond donors (Lipinski definition) is 2. The highest BCUT2D eigenvalue weighted by Crippen LogP contribution is 2.10. The number of amides is 3. The monoisotopic (exact) mass is 291 g/mol. The second-order valence-electron chi connectivity index (χ2n) is 4.97. The van der Waals surface area contributed by atoms with Crippen LogP contribution in [0.4, 0.5) is 4.79 Å². The van der Waals surface area contributed by atoms with Crippen LogP contribution in [0.2, 0.25) is 0 Å². The fourth-order valence-corrected chi connectivity index (χ4v) is 2.22. The Kier molecular flexibility index (Phi) is 5.43. The molecule has 1 heterocycles. The van der Waals surface area contributed by atoms with Crippen LogP contribution in [0.1, 0.15) is 18.4 Å². The molecule has 0 aromatic heterocycles. The summed E-state index contributed by atoms with van der Waals surface area (Å²) >= 11 is 0. The van der Waals surface area contributed by atoms with Crippen LogP contribution in [0.25, 0.3) is 0 Å². The van der Waals surface area contributed by atoms with Crippen molar-refractivity contribution in [2.24, 2.45) is 0 Å². The predicted molar refractivity (Wildman–Crippen MR) is 79.0 cm³/mol. The Hall–Kier alpha value is -2.24. The zero-order valence-corrected chi connectivity index (χ0v) is 12.2. The van der Waals surface area contributed by atoms with Gasteiger partial charge in [-0.25, -0.2) is 4.79 Å². The minimum Gasteiger partial charge on any atom is -0.497 e. The molecule has 1 fully saturated rings. The molecular weight excluding hydrogens is 270 g/mol. The van der Waals surface area contributed by atoms with E-state index in [-0.39, 0.29) is 18.5 Å². The Bertz CT molecular complexity index is 481. The number of nitrogens with zero attached hydrogens (tertiary/aromatic N) is 1. The van der Waals surface area contributed by atoms with Gasteiger partial charge in [-0.05, 0) is 30.5 Å². The number of nitrogens with one attached hydrogen (secondary N) is 2. The summed E-state index contributed by atoms with van der Waals surface area (Å²) in [5.74, 6) is 0.756. The highest BCUT2D eigenvalue weighted by molar-refractivity contribution is 5.84. The van der Waals surface area contributed by atoms with Crippen LogP contribution in [-0.2, 0) is 11.3 Å². The molecule has 1 aromatic rings. The minimum absolute atomic E-state index is 0.0212. The first kappa shape index (κ1) is 15.2. The first-order valence-electron chi connectivity index (χ1n) is 7.11. The summed E-state index contributed by atoms with van der Waals surface area (Å²) in [5.41, 5.74) is 0.969. The first-order valence-corrected chi connectivity index (χ1v) is 7.11. The van der Waals surface area contributed by atoms with Gasteiger partial charge in [0.05, 0.1) is 13.7 Å². The Morgan fingerprint density at radius 2 is 1.81 bits per heavy atom. The number of hydrogen-bond acceptors (Lipinski definition) is 3. The maximum atomic E-state index is 11.8. The van der Waals surface area contributed by atoms with Crippen LogP contribution in [0.5, 0.6) is 5.75 Å². The lowest BCUT2D eigenvalue weighted by atomic mass is 10.2. The summed E-state index contributed by atoms with van der Waals surface area (Å²) in [4.78, 5) is 25.2. The van der Waals surface area contributed by atoms with E-state index in [1.54, 1.807) is 12.0 Å². The Morgan fingerprint density at radius 3 is 2.43 bits per heavy atom. The summed E-state index contributed by atoms with van der Waals surface area (Å²) in [7, 11) is 1.61. The van der Waals surface area contributed by atoms with E-state index in [9.17, 15) is 9.59 Å². The number of urea groups is 1. The molecule has 0 atom stereocenters. The number of likely N-dealkylation sites (tertiary alicyclic amines) is 1. The van der Waals surface area contributed by atoms with Gasteiger partial charge in [-0.2, -0.15) is 0 Å². The van der Waals surface area contributed by atoms with Crippen LogP contribution in [0.15, 0.2) is 24.3 Å². The predicted octanol–water partition coefficient (Wildman–Crippen LogP) is 1.12. The van der Waals surface area contributed by atoms with Crippen molar-refractivity contribution < 1.29 is 14.3 Å². The maximum absolute atomic E-state index is 11.8. The van der Waals surface area contributed by atoms with Crippen molar-refractivity contribution in [2.75, 3.05) is 26.7 Å². The van der Waals surface area contributed by atoms with E-state index in [1.807, 2.05) is 24.3 Å². The third-order valence-electron chi connectivity index (χ3n) is 3.47. The van der Waals surface area contributed by atoms with E-state index < -0.39 is 0 Å². The Labute approximate surface area is 124 Å². The Balaban J connectivity index is 1.67. The molecule has 0 unspecified atom stereocenters. The normalized spacial score (nSPS) is 13.9. The van der Waals surface area contributed by atoms with E-state index in [0.29, 0.717) is 6.54 Å². The van der Waals surface area contributed by atoms with Crippen LogP contribution in [0, 0.1) is 0 Å². The molecule has 1 aromatic carbocycles. The SMILES string of the molecule is COc1ccc(CNC(=O)NCC(=O)N2CCCC2)cc1. The third kappa shape index (κ3) is 4.66. The van der Waals surface area contributed by atoms with Gasteiger partial charge in [0.15, 0.2) is 0 Å². The molecule has 6 nitrogen and oxygen atoms in total. The molecule has 0 saturated carbocycles. The summed E-state index contributed by atoms with van der Waals surface area (Å²) in [6.45, 7) is 2.06. The number of rotatable bonds is 5. The molecule has 1 aliphatic heterocycles. The molecule has 21 heavy (non-hydrogen) atoms. The van der Waals surface area contributed by atoms with Gasteiger partial charge in [-0.1, -0.05) is 12.1 Å². The van der Waals surface area contributed by atoms with Gasteiger partial charge in [0.2, 0.25) is 5.91 Å². The van der Waals surface area contributed by atoms with Gasteiger partial charge in [0.1, 0.15) is 5.75 Å². The van der Waals surface area contributed by atoms with E-state index in [4.69, 9.17) is 4.74 Å². The fourth-order valence-electron chi connectivity index (χ4n) is 2.22. The molecule has 0 radical (unpaired) electrons. The number of carbonyl (C=O) groups excluding carboxylic acids is 2. The van der Waals surface area contributed by atoms with Crippen molar-refractivity contribution in [1.29, 1.82) is 0 Å². The molecule has 0 bridgehead atoms. The number of methoxy groups -OCH3 is 1. The molecule has 0 spiro atoms. The van der Waals surface area contributed by atoms with Crippen molar-refractivity contribution in [3.8, 4) is 5.75 Å². The van der Waals surface area contributed by atoms with Gasteiger partial charge in [0.25, 0.3) is 0 Å². The average Bonchev–Trinajstić information content (AvgIpc) is 3.05. The van der Waals surface area contributed by atoms with Gasteiger partial charge in [0, 0.05) is 19.6 Å². The molecule has 1 aliphatic rings. The van der Waals surface area contributed by atoms with Crippen molar-refractivity contribution in [2.45, 2.75) is 19.4 Å². The van der Waals surface area contributed by atoms with Crippen LogP contribution in [0.3, 0.4) is 0 Å². The van der Waals surface area contributed by atoms with E-state index in [1.165, 1.54) is 0 Å². The van der Waals surface area contributed by atoms with Crippen LogP contribution < -0.4 is 15.4 Å². The minimum atomic E-state index is -0.335. The van der Waals surface area contributed by atoms with Gasteiger partial charge in [-0.15, -0.1) is 0 Å². The van der Waals surface area contributed by atoms with E-state index in [2.05, 4.69) is 10.6 Å². The van der Waals surface area contributed by atoms with Crippen molar-refractivity contribution in [3.63, 3.8) is 0 Å². The third-order valence-corrected chi connectivity index (χ3v) is 3.47. The van der Waals surface area contributed by atoms with Crippen LogP contribution >= 0.6 is 0 Å². The van der Waals surface area contributed by atoms with Gasteiger partial charge < -0.3 is 20.3 Å².